The number of pyridine rings is 1. The van der Waals surface area contributed by atoms with E-state index in [0.717, 1.165) is 6.07 Å². The first-order valence-corrected chi connectivity index (χ1v) is 7.68. The van der Waals surface area contributed by atoms with Gasteiger partial charge in [0, 0.05) is 24.0 Å². The van der Waals surface area contributed by atoms with Crippen LogP contribution in [-0.2, 0) is 11.3 Å². The van der Waals surface area contributed by atoms with Crippen LogP contribution in [0.25, 0.3) is 11.4 Å². The Kier molecular flexibility index (Phi) is 4.80. The number of benzene rings is 1. The van der Waals surface area contributed by atoms with Gasteiger partial charge in [0.25, 0.3) is 11.6 Å². The van der Waals surface area contributed by atoms with E-state index >= 15 is 0 Å². The van der Waals surface area contributed by atoms with Gasteiger partial charge >= 0.3 is 5.97 Å². The van der Waals surface area contributed by atoms with Gasteiger partial charge in [-0.2, -0.15) is 4.98 Å². The monoisotopic (exact) mass is 404 g/mol. The summed E-state index contributed by atoms with van der Waals surface area (Å²) in [5.41, 5.74) is 0.473. The number of rotatable bonds is 5. The second-order valence-electron chi connectivity index (χ2n) is 4.75. The Morgan fingerprint density at radius 1 is 1.36 bits per heavy atom. The standard InChI is InChI=1S/C15H9BrN4O5/c16-11-4-3-9(6-12(11)20(22)23)15(21)24-8-13-18-14(19-25-13)10-2-1-5-17-7-10/h1-7H,8H2. The van der Waals surface area contributed by atoms with Crippen LogP contribution in [0.5, 0.6) is 0 Å². The van der Waals surface area contributed by atoms with Crippen LogP contribution in [0.3, 0.4) is 0 Å². The van der Waals surface area contributed by atoms with E-state index in [1.807, 2.05) is 0 Å². The fourth-order valence-corrected chi connectivity index (χ4v) is 2.31. The highest BCUT2D eigenvalue weighted by molar-refractivity contribution is 9.10. The minimum absolute atomic E-state index is 0.0434. The van der Waals surface area contributed by atoms with Crippen molar-refractivity contribution < 1.29 is 19.0 Å². The summed E-state index contributed by atoms with van der Waals surface area (Å²) >= 11 is 3.05. The molecule has 0 saturated heterocycles. The summed E-state index contributed by atoms with van der Waals surface area (Å²) in [5.74, 6) is -0.325. The first kappa shape index (κ1) is 16.7. The smallest absolute Gasteiger partial charge is 0.338 e. The van der Waals surface area contributed by atoms with Crippen molar-refractivity contribution in [3.63, 3.8) is 0 Å². The van der Waals surface area contributed by atoms with E-state index in [-0.39, 0.29) is 28.2 Å². The average Bonchev–Trinajstić information content (AvgIpc) is 3.09. The van der Waals surface area contributed by atoms with E-state index in [4.69, 9.17) is 9.26 Å². The van der Waals surface area contributed by atoms with Gasteiger partial charge in [-0.3, -0.25) is 15.1 Å². The number of aromatic nitrogens is 3. The first-order chi connectivity index (χ1) is 12.0. The molecule has 0 aliphatic rings. The van der Waals surface area contributed by atoms with Crippen LogP contribution >= 0.6 is 15.9 Å². The maximum absolute atomic E-state index is 12.0. The average molecular weight is 405 g/mol. The molecule has 2 heterocycles. The Morgan fingerprint density at radius 2 is 2.20 bits per heavy atom. The molecule has 0 N–H and O–H groups in total. The van der Waals surface area contributed by atoms with Gasteiger partial charge in [-0.05, 0) is 40.2 Å². The van der Waals surface area contributed by atoms with E-state index in [2.05, 4.69) is 31.1 Å². The van der Waals surface area contributed by atoms with Crippen molar-refractivity contribution in [2.75, 3.05) is 0 Å². The molecule has 2 aromatic heterocycles. The van der Waals surface area contributed by atoms with E-state index in [9.17, 15) is 14.9 Å². The zero-order valence-electron chi connectivity index (χ0n) is 12.5. The quantitative estimate of drug-likeness (QED) is 0.361. The Hall–Kier alpha value is -3.14. The Balaban J connectivity index is 1.68. The van der Waals surface area contributed by atoms with Gasteiger partial charge in [-0.1, -0.05) is 5.16 Å². The number of nitro benzene ring substituents is 1. The molecule has 0 unspecified atom stereocenters. The molecule has 3 rings (SSSR count). The van der Waals surface area contributed by atoms with Crippen molar-refractivity contribution in [1.29, 1.82) is 0 Å². The molecule has 0 spiro atoms. The number of nitro groups is 1. The molecular formula is C15H9BrN4O5. The number of nitrogens with zero attached hydrogens (tertiary/aromatic N) is 4. The highest BCUT2D eigenvalue weighted by Crippen LogP contribution is 2.26. The predicted octanol–water partition coefficient (Wildman–Crippen LogP) is 3.16. The van der Waals surface area contributed by atoms with Crippen molar-refractivity contribution in [3.05, 3.63) is 68.8 Å². The summed E-state index contributed by atoms with van der Waals surface area (Å²) in [6, 6.07) is 7.43. The lowest BCUT2D eigenvalue weighted by Gasteiger charge is -2.02. The third-order valence-electron chi connectivity index (χ3n) is 3.09. The van der Waals surface area contributed by atoms with Crippen molar-refractivity contribution in [2.24, 2.45) is 0 Å². The molecule has 0 aliphatic heterocycles. The molecule has 3 aromatic rings. The molecule has 0 fully saturated rings. The van der Waals surface area contributed by atoms with Crippen molar-refractivity contribution in [2.45, 2.75) is 6.61 Å². The number of esters is 1. The molecule has 0 amide bonds. The van der Waals surface area contributed by atoms with Gasteiger partial charge in [0.1, 0.15) is 0 Å². The third kappa shape index (κ3) is 3.86. The van der Waals surface area contributed by atoms with Gasteiger partial charge in [0.2, 0.25) is 5.82 Å². The van der Waals surface area contributed by atoms with E-state index < -0.39 is 10.9 Å². The molecule has 0 bridgehead atoms. The number of ether oxygens (including phenoxy) is 1. The highest BCUT2D eigenvalue weighted by Gasteiger charge is 2.18. The SMILES string of the molecule is O=C(OCc1nc(-c2cccnc2)no1)c1ccc(Br)c([N+](=O)[O-])c1. The number of hydrogen-bond acceptors (Lipinski definition) is 8. The van der Waals surface area contributed by atoms with Crippen LogP contribution in [0.2, 0.25) is 0 Å². The Labute approximate surface area is 148 Å². The molecule has 0 atom stereocenters. The second kappa shape index (κ2) is 7.18. The van der Waals surface area contributed by atoms with Crippen molar-refractivity contribution in [3.8, 4) is 11.4 Å². The van der Waals surface area contributed by atoms with Gasteiger partial charge in [0.15, 0.2) is 6.61 Å². The molecule has 0 aliphatic carbocycles. The maximum Gasteiger partial charge on any atom is 0.338 e. The van der Waals surface area contributed by atoms with Gasteiger partial charge in [-0.15, -0.1) is 0 Å². The topological polar surface area (TPSA) is 121 Å². The second-order valence-corrected chi connectivity index (χ2v) is 5.61. The predicted molar refractivity (Wildman–Crippen MR) is 87.4 cm³/mol. The summed E-state index contributed by atoms with van der Waals surface area (Å²) < 4.78 is 10.3. The lowest BCUT2D eigenvalue weighted by atomic mass is 10.2. The molecule has 126 valence electrons. The van der Waals surface area contributed by atoms with Crippen LogP contribution in [-0.4, -0.2) is 26.0 Å². The molecule has 25 heavy (non-hydrogen) atoms. The zero-order chi connectivity index (χ0) is 17.8. The minimum Gasteiger partial charge on any atom is -0.452 e. The molecule has 0 saturated carbocycles. The van der Waals surface area contributed by atoms with Gasteiger partial charge in [-0.25, -0.2) is 4.79 Å². The summed E-state index contributed by atoms with van der Waals surface area (Å²) in [6.07, 6.45) is 3.19. The largest absolute Gasteiger partial charge is 0.452 e. The number of carbonyl (C=O) groups excluding carboxylic acids is 1. The summed E-state index contributed by atoms with van der Waals surface area (Å²) in [7, 11) is 0. The van der Waals surface area contributed by atoms with E-state index in [1.54, 1.807) is 24.5 Å². The maximum atomic E-state index is 12.0. The molecule has 0 radical (unpaired) electrons. The van der Waals surface area contributed by atoms with Gasteiger partial charge in [0.05, 0.1) is 15.0 Å². The summed E-state index contributed by atoms with van der Waals surface area (Å²) in [4.78, 5) is 30.4. The van der Waals surface area contributed by atoms with Crippen LogP contribution in [0.1, 0.15) is 16.2 Å². The summed E-state index contributed by atoms with van der Waals surface area (Å²) in [6.45, 7) is -0.254. The third-order valence-corrected chi connectivity index (χ3v) is 3.76. The van der Waals surface area contributed by atoms with Crippen LogP contribution in [0, 0.1) is 10.1 Å². The normalized spacial score (nSPS) is 10.4. The van der Waals surface area contributed by atoms with Crippen molar-refractivity contribution >= 4 is 27.6 Å². The fourth-order valence-electron chi connectivity index (χ4n) is 1.92. The Bertz CT molecular complexity index is 929. The minimum atomic E-state index is -0.739. The van der Waals surface area contributed by atoms with Crippen LogP contribution in [0.15, 0.2) is 51.7 Å². The number of halogens is 1. The Morgan fingerprint density at radius 3 is 2.92 bits per heavy atom. The summed E-state index contributed by atoms with van der Waals surface area (Å²) in [5, 5.41) is 14.7. The van der Waals surface area contributed by atoms with Crippen molar-refractivity contribution in [1.82, 2.24) is 15.1 Å². The first-order valence-electron chi connectivity index (χ1n) is 6.88. The van der Waals surface area contributed by atoms with Crippen LogP contribution < -0.4 is 0 Å². The molecule has 1 aromatic carbocycles. The lowest BCUT2D eigenvalue weighted by molar-refractivity contribution is -0.385. The van der Waals surface area contributed by atoms with E-state index in [1.165, 1.54) is 12.1 Å². The number of carbonyl (C=O) groups is 1. The lowest BCUT2D eigenvalue weighted by Crippen LogP contribution is -2.06. The van der Waals surface area contributed by atoms with Gasteiger partial charge < -0.3 is 9.26 Å². The molecule has 9 nitrogen and oxygen atoms in total. The molecular weight excluding hydrogens is 396 g/mol. The molecule has 10 heteroatoms. The van der Waals surface area contributed by atoms with Crippen LogP contribution in [0.4, 0.5) is 5.69 Å². The number of hydrogen-bond donors (Lipinski definition) is 0. The van der Waals surface area contributed by atoms with E-state index in [0.29, 0.717) is 11.4 Å². The fraction of sp³-hybridized carbons (Fsp3) is 0.0667. The zero-order valence-corrected chi connectivity index (χ0v) is 14.0. The highest BCUT2D eigenvalue weighted by atomic mass is 79.9.